The van der Waals surface area contributed by atoms with E-state index in [1.165, 1.54) is 32.1 Å². The van der Waals surface area contributed by atoms with Crippen LogP contribution in [0.25, 0.3) is 0 Å². The zero-order valence-electron chi connectivity index (χ0n) is 10.7. The average molecular weight is 233 g/mol. The van der Waals surface area contributed by atoms with Gasteiger partial charge in [0.15, 0.2) is 0 Å². The lowest BCUT2D eigenvalue weighted by Gasteiger charge is -2.28. The minimum absolute atomic E-state index is 0.438. The summed E-state index contributed by atoms with van der Waals surface area (Å²) in [5.74, 6) is 0.863. The molecule has 2 unspecified atom stereocenters. The minimum atomic E-state index is 0.438. The fourth-order valence-corrected chi connectivity index (χ4v) is 2.64. The quantitative estimate of drug-likeness (QED) is 0.804. The summed E-state index contributed by atoms with van der Waals surface area (Å²) in [6.45, 7) is 2.94. The molecular formula is C15H23NO. The van der Waals surface area contributed by atoms with Crippen molar-refractivity contribution in [2.24, 2.45) is 5.92 Å². The van der Waals surface area contributed by atoms with Gasteiger partial charge in [0.1, 0.15) is 0 Å². The molecule has 17 heavy (non-hydrogen) atoms. The summed E-state index contributed by atoms with van der Waals surface area (Å²) in [7, 11) is 0. The first-order chi connectivity index (χ1) is 8.29. The van der Waals surface area contributed by atoms with Crippen LogP contribution in [0.1, 0.15) is 44.6 Å². The fraction of sp³-hybridized carbons (Fsp3) is 0.600. The zero-order chi connectivity index (χ0) is 12.1. The molecular weight excluding hydrogens is 210 g/mol. The van der Waals surface area contributed by atoms with Crippen molar-refractivity contribution >= 4 is 5.69 Å². The number of nitrogens with two attached hydrogens (primary N) is 1. The molecule has 1 aromatic carbocycles. The predicted molar refractivity (Wildman–Crippen MR) is 71.7 cm³/mol. The van der Waals surface area contributed by atoms with E-state index >= 15 is 0 Å². The lowest BCUT2D eigenvalue weighted by molar-refractivity contribution is 0.00202. The van der Waals surface area contributed by atoms with Gasteiger partial charge in [0.25, 0.3) is 0 Å². The summed E-state index contributed by atoms with van der Waals surface area (Å²) in [5.41, 5.74) is 7.87. The van der Waals surface area contributed by atoms with E-state index in [0.717, 1.165) is 17.2 Å². The first-order valence-electron chi connectivity index (χ1n) is 6.74. The highest BCUT2D eigenvalue weighted by Crippen LogP contribution is 2.29. The van der Waals surface area contributed by atoms with Crippen molar-refractivity contribution in [3.63, 3.8) is 0 Å². The SMILES string of the molecule is CCC1CCCC(OCc2ccccc2N)C1. The summed E-state index contributed by atoms with van der Waals surface area (Å²) in [6, 6.07) is 7.97. The van der Waals surface area contributed by atoms with E-state index < -0.39 is 0 Å². The molecule has 1 aliphatic carbocycles. The van der Waals surface area contributed by atoms with Crippen molar-refractivity contribution < 1.29 is 4.74 Å². The van der Waals surface area contributed by atoms with Crippen molar-refractivity contribution in [2.45, 2.75) is 51.7 Å². The molecule has 0 spiro atoms. The van der Waals surface area contributed by atoms with Crippen LogP contribution >= 0.6 is 0 Å². The standard InChI is InChI=1S/C15H23NO/c1-2-12-6-5-8-14(10-12)17-11-13-7-3-4-9-15(13)16/h3-4,7,9,12,14H,2,5-6,8,10-11,16H2,1H3. The van der Waals surface area contributed by atoms with Gasteiger partial charge in [-0.1, -0.05) is 44.4 Å². The van der Waals surface area contributed by atoms with Crippen LogP contribution in [0.2, 0.25) is 0 Å². The van der Waals surface area contributed by atoms with Gasteiger partial charge in [0, 0.05) is 11.3 Å². The molecule has 0 radical (unpaired) electrons. The molecule has 0 amide bonds. The van der Waals surface area contributed by atoms with Gasteiger partial charge in [0.2, 0.25) is 0 Å². The van der Waals surface area contributed by atoms with Crippen LogP contribution in [0.4, 0.5) is 5.69 Å². The van der Waals surface area contributed by atoms with Crippen LogP contribution in [0.5, 0.6) is 0 Å². The van der Waals surface area contributed by atoms with Crippen LogP contribution in [-0.2, 0) is 11.3 Å². The Morgan fingerprint density at radius 2 is 2.12 bits per heavy atom. The third-order valence-corrected chi connectivity index (χ3v) is 3.84. The van der Waals surface area contributed by atoms with Gasteiger partial charge in [-0.15, -0.1) is 0 Å². The highest BCUT2D eigenvalue weighted by molar-refractivity contribution is 5.45. The van der Waals surface area contributed by atoms with Crippen molar-refractivity contribution in [2.75, 3.05) is 5.73 Å². The third kappa shape index (κ3) is 3.47. The maximum atomic E-state index is 6.00. The van der Waals surface area contributed by atoms with Crippen LogP contribution in [0.3, 0.4) is 0 Å². The molecule has 2 nitrogen and oxygen atoms in total. The monoisotopic (exact) mass is 233 g/mol. The molecule has 1 fully saturated rings. The maximum Gasteiger partial charge on any atom is 0.0740 e. The zero-order valence-corrected chi connectivity index (χ0v) is 10.7. The van der Waals surface area contributed by atoms with E-state index in [0.29, 0.717) is 12.7 Å². The van der Waals surface area contributed by atoms with E-state index in [1.807, 2.05) is 18.2 Å². The molecule has 0 aliphatic heterocycles. The molecule has 1 aromatic rings. The molecule has 94 valence electrons. The molecule has 0 bridgehead atoms. The van der Waals surface area contributed by atoms with Gasteiger partial charge in [-0.05, 0) is 24.8 Å². The molecule has 1 saturated carbocycles. The molecule has 2 N–H and O–H groups in total. The second kappa shape index (κ2) is 6.06. The Morgan fingerprint density at radius 3 is 2.88 bits per heavy atom. The number of hydrogen-bond donors (Lipinski definition) is 1. The normalized spacial score (nSPS) is 24.8. The predicted octanol–water partition coefficient (Wildman–Crippen LogP) is 3.75. The Morgan fingerprint density at radius 1 is 1.29 bits per heavy atom. The molecule has 1 aliphatic rings. The van der Waals surface area contributed by atoms with E-state index in [4.69, 9.17) is 10.5 Å². The number of para-hydroxylation sites is 1. The van der Waals surface area contributed by atoms with Crippen molar-refractivity contribution in [1.29, 1.82) is 0 Å². The number of anilines is 1. The number of hydrogen-bond acceptors (Lipinski definition) is 2. The van der Waals surface area contributed by atoms with Gasteiger partial charge in [0.05, 0.1) is 12.7 Å². The highest BCUT2D eigenvalue weighted by atomic mass is 16.5. The Hall–Kier alpha value is -1.02. The number of ether oxygens (including phenoxy) is 1. The first kappa shape index (κ1) is 12.4. The Kier molecular flexibility index (Phi) is 4.43. The van der Waals surface area contributed by atoms with Crippen molar-refractivity contribution in [3.05, 3.63) is 29.8 Å². The molecule has 0 aromatic heterocycles. The van der Waals surface area contributed by atoms with Gasteiger partial charge >= 0.3 is 0 Å². The van der Waals surface area contributed by atoms with E-state index in [9.17, 15) is 0 Å². The minimum Gasteiger partial charge on any atom is -0.398 e. The van der Waals surface area contributed by atoms with Crippen molar-refractivity contribution in [3.8, 4) is 0 Å². The van der Waals surface area contributed by atoms with Gasteiger partial charge < -0.3 is 10.5 Å². The Bertz CT molecular complexity index is 351. The van der Waals surface area contributed by atoms with Gasteiger partial charge in [-0.3, -0.25) is 0 Å². The van der Waals surface area contributed by atoms with Crippen LogP contribution in [0.15, 0.2) is 24.3 Å². The summed E-state index contributed by atoms with van der Waals surface area (Å²) < 4.78 is 6.00. The summed E-state index contributed by atoms with van der Waals surface area (Å²) in [4.78, 5) is 0. The molecule has 2 rings (SSSR count). The van der Waals surface area contributed by atoms with Crippen LogP contribution in [0, 0.1) is 5.92 Å². The van der Waals surface area contributed by atoms with Gasteiger partial charge in [-0.25, -0.2) is 0 Å². The lowest BCUT2D eigenvalue weighted by atomic mass is 9.85. The maximum absolute atomic E-state index is 6.00. The molecule has 0 heterocycles. The third-order valence-electron chi connectivity index (χ3n) is 3.84. The summed E-state index contributed by atoms with van der Waals surface area (Å²) >= 11 is 0. The second-order valence-corrected chi connectivity index (χ2v) is 5.07. The number of benzene rings is 1. The number of nitrogen functional groups attached to an aromatic ring is 1. The van der Waals surface area contributed by atoms with Gasteiger partial charge in [-0.2, -0.15) is 0 Å². The second-order valence-electron chi connectivity index (χ2n) is 5.07. The molecule has 0 saturated heterocycles. The topological polar surface area (TPSA) is 35.2 Å². The first-order valence-corrected chi connectivity index (χ1v) is 6.74. The molecule has 2 atom stereocenters. The van der Waals surface area contributed by atoms with Crippen molar-refractivity contribution in [1.82, 2.24) is 0 Å². The van der Waals surface area contributed by atoms with Crippen LogP contribution in [-0.4, -0.2) is 6.10 Å². The lowest BCUT2D eigenvalue weighted by Crippen LogP contribution is -2.22. The largest absolute Gasteiger partial charge is 0.398 e. The highest BCUT2D eigenvalue weighted by Gasteiger charge is 2.21. The fourth-order valence-electron chi connectivity index (χ4n) is 2.64. The summed E-state index contributed by atoms with van der Waals surface area (Å²) in [6.07, 6.45) is 6.85. The van der Waals surface area contributed by atoms with E-state index in [1.54, 1.807) is 0 Å². The Labute approximate surface area is 104 Å². The smallest absolute Gasteiger partial charge is 0.0740 e. The summed E-state index contributed by atoms with van der Waals surface area (Å²) in [5, 5.41) is 0. The Balaban J connectivity index is 1.84. The number of rotatable bonds is 4. The van der Waals surface area contributed by atoms with E-state index in [-0.39, 0.29) is 0 Å². The average Bonchev–Trinajstić information content (AvgIpc) is 2.38. The van der Waals surface area contributed by atoms with E-state index in [2.05, 4.69) is 13.0 Å². The molecule has 2 heteroatoms. The van der Waals surface area contributed by atoms with Crippen LogP contribution < -0.4 is 5.73 Å².